The van der Waals surface area contributed by atoms with Gasteiger partial charge in [0.1, 0.15) is 6.04 Å². The van der Waals surface area contributed by atoms with Gasteiger partial charge in [-0.2, -0.15) is 0 Å². The summed E-state index contributed by atoms with van der Waals surface area (Å²) in [6.07, 6.45) is 0. The van der Waals surface area contributed by atoms with E-state index < -0.39 is 17.9 Å². The summed E-state index contributed by atoms with van der Waals surface area (Å²) >= 11 is 0. The first-order valence-electron chi connectivity index (χ1n) is 7.88. The molecular weight excluding hydrogens is 324 g/mol. The maximum absolute atomic E-state index is 12.0. The first-order chi connectivity index (χ1) is 12.0. The van der Waals surface area contributed by atoms with Gasteiger partial charge in [-0.1, -0.05) is 35.5 Å². The minimum absolute atomic E-state index is 0.0726. The monoisotopic (exact) mass is 344 g/mol. The van der Waals surface area contributed by atoms with E-state index >= 15 is 0 Å². The highest BCUT2D eigenvalue weighted by Gasteiger charge is 2.17. The van der Waals surface area contributed by atoms with Crippen LogP contribution < -0.4 is 16.0 Å². The van der Waals surface area contributed by atoms with Crippen LogP contribution in [-0.4, -0.2) is 42.0 Å². The average Bonchev–Trinajstić information content (AvgIpc) is 3.11. The second-order valence-electron chi connectivity index (χ2n) is 5.31. The van der Waals surface area contributed by atoms with Crippen LogP contribution in [0.1, 0.15) is 24.3 Å². The average molecular weight is 344 g/mol. The van der Waals surface area contributed by atoms with E-state index in [1.807, 2.05) is 30.3 Å². The van der Waals surface area contributed by atoms with Crippen molar-refractivity contribution in [2.24, 2.45) is 0 Å². The fourth-order valence-corrected chi connectivity index (χ4v) is 2.06. The van der Waals surface area contributed by atoms with Crippen molar-refractivity contribution in [1.29, 1.82) is 0 Å². The second-order valence-corrected chi connectivity index (χ2v) is 5.31. The zero-order valence-corrected chi connectivity index (χ0v) is 14.0. The van der Waals surface area contributed by atoms with E-state index in [2.05, 4.69) is 21.1 Å². The number of hydrogen-bond acceptors (Lipinski definition) is 5. The van der Waals surface area contributed by atoms with Crippen LogP contribution in [0.15, 0.2) is 40.9 Å². The Balaban J connectivity index is 1.85. The van der Waals surface area contributed by atoms with E-state index in [0.29, 0.717) is 12.3 Å². The molecule has 0 fully saturated rings. The molecule has 132 valence electrons. The molecule has 3 amide bonds. The molecule has 2 aromatic rings. The van der Waals surface area contributed by atoms with Crippen molar-refractivity contribution in [3.8, 4) is 11.3 Å². The van der Waals surface area contributed by atoms with Crippen LogP contribution in [0.3, 0.4) is 0 Å². The molecular formula is C17H20N4O4. The summed E-state index contributed by atoms with van der Waals surface area (Å²) < 4.78 is 5.14. The molecule has 0 aliphatic carbocycles. The van der Waals surface area contributed by atoms with Crippen molar-refractivity contribution < 1.29 is 18.9 Å². The van der Waals surface area contributed by atoms with E-state index in [4.69, 9.17) is 4.52 Å². The highest BCUT2D eigenvalue weighted by molar-refractivity contribution is 5.96. The molecule has 0 aliphatic heterocycles. The number of hydrogen-bond donors (Lipinski definition) is 3. The predicted octanol–water partition coefficient (Wildman–Crippen LogP) is 0.712. The molecule has 0 saturated heterocycles. The SMILES string of the molecule is CCNC(=O)[C@@H](C)NC(=O)CNC(=O)c1cc(-c2ccccc2)on1. The lowest BCUT2D eigenvalue weighted by Gasteiger charge is -2.13. The van der Waals surface area contributed by atoms with Crippen LogP contribution in [0, 0.1) is 0 Å². The van der Waals surface area contributed by atoms with Crippen molar-refractivity contribution in [3.05, 3.63) is 42.1 Å². The minimum atomic E-state index is -0.680. The van der Waals surface area contributed by atoms with Crippen molar-refractivity contribution in [2.75, 3.05) is 13.1 Å². The standard InChI is InChI=1S/C17H20N4O4/c1-3-18-16(23)11(2)20-15(22)10-19-17(24)13-9-14(25-21-13)12-7-5-4-6-8-12/h4-9,11H,3,10H2,1-2H3,(H,18,23)(H,19,24)(H,20,22)/t11-/m1/s1. The Morgan fingerprint density at radius 2 is 1.88 bits per heavy atom. The molecule has 8 heteroatoms. The molecule has 2 rings (SSSR count). The molecule has 1 atom stereocenters. The third kappa shape index (κ3) is 5.17. The van der Waals surface area contributed by atoms with E-state index in [9.17, 15) is 14.4 Å². The quantitative estimate of drug-likeness (QED) is 0.685. The molecule has 0 spiro atoms. The molecule has 1 aromatic carbocycles. The second kappa shape index (κ2) is 8.62. The molecule has 0 saturated carbocycles. The van der Waals surface area contributed by atoms with Gasteiger partial charge in [0, 0.05) is 18.2 Å². The molecule has 0 aliphatic rings. The number of carbonyl (C=O) groups is 3. The molecule has 25 heavy (non-hydrogen) atoms. The van der Waals surface area contributed by atoms with Gasteiger partial charge in [-0.05, 0) is 13.8 Å². The van der Waals surface area contributed by atoms with E-state index in [1.165, 1.54) is 6.07 Å². The van der Waals surface area contributed by atoms with Gasteiger partial charge in [-0.25, -0.2) is 0 Å². The molecule has 0 radical (unpaired) electrons. The molecule has 3 N–H and O–H groups in total. The first kappa shape index (κ1) is 18.2. The lowest BCUT2D eigenvalue weighted by molar-refractivity contribution is -0.128. The van der Waals surface area contributed by atoms with E-state index in [0.717, 1.165) is 5.56 Å². The molecule has 8 nitrogen and oxygen atoms in total. The lowest BCUT2D eigenvalue weighted by atomic mass is 10.1. The lowest BCUT2D eigenvalue weighted by Crippen LogP contribution is -2.47. The number of nitrogens with one attached hydrogen (secondary N) is 3. The van der Waals surface area contributed by atoms with Crippen molar-refractivity contribution in [1.82, 2.24) is 21.1 Å². The van der Waals surface area contributed by atoms with Gasteiger partial charge in [0.05, 0.1) is 6.54 Å². The van der Waals surface area contributed by atoms with Crippen LogP contribution in [0.2, 0.25) is 0 Å². The Morgan fingerprint density at radius 1 is 1.16 bits per heavy atom. The first-order valence-corrected chi connectivity index (χ1v) is 7.88. The van der Waals surface area contributed by atoms with Crippen LogP contribution >= 0.6 is 0 Å². The summed E-state index contributed by atoms with van der Waals surface area (Å²) in [5, 5.41) is 11.2. The van der Waals surface area contributed by atoms with Crippen molar-refractivity contribution in [2.45, 2.75) is 19.9 Å². The summed E-state index contributed by atoms with van der Waals surface area (Å²) in [4.78, 5) is 35.3. The number of aromatic nitrogens is 1. The highest BCUT2D eigenvalue weighted by Crippen LogP contribution is 2.19. The maximum atomic E-state index is 12.0. The molecule has 0 unspecified atom stereocenters. The number of benzene rings is 1. The number of carbonyl (C=O) groups excluding carboxylic acids is 3. The molecule has 0 bridgehead atoms. The third-order valence-electron chi connectivity index (χ3n) is 3.33. The van der Waals surface area contributed by atoms with Gasteiger partial charge in [0.15, 0.2) is 11.5 Å². The Bertz CT molecular complexity index is 742. The number of likely N-dealkylation sites (N-methyl/N-ethyl adjacent to an activating group) is 1. The molecule has 1 aromatic heterocycles. The summed E-state index contributed by atoms with van der Waals surface area (Å²) in [6, 6.07) is 10.0. The van der Waals surface area contributed by atoms with Crippen molar-refractivity contribution >= 4 is 17.7 Å². The predicted molar refractivity (Wildman–Crippen MR) is 90.6 cm³/mol. The van der Waals surface area contributed by atoms with Gasteiger partial charge in [-0.3, -0.25) is 14.4 Å². The van der Waals surface area contributed by atoms with Gasteiger partial charge >= 0.3 is 0 Å². The number of rotatable bonds is 7. The van der Waals surface area contributed by atoms with E-state index in [-0.39, 0.29) is 18.1 Å². The topological polar surface area (TPSA) is 113 Å². The minimum Gasteiger partial charge on any atom is -0.355 e. The Hall–Kier alpha value is -3.16. The van der Waals surface area contributed by atoms with Crippen LogP contribution in [0.25, 0.3) is 11.3 Å². The largest absolute Gasteiger partial charge is 0.355 e. The van der Waals surface area contributed by atoms with E-state index in [1.54, 1.807) is 13.8 Å². The van der Waals surface area contributed by atoms with Gasteiger partial charge in [0.2, 0.25) is 11.8 Å². The fourth-order valence-electron chi connectivity index (χ4n) is 2.06. The van der Waals surface area contributed by atoms with Crippen LogP contribution in [0.4, 0.5) is 0 Å². The van der Waals surface area contributed by atoms with Crippen LogP contribution in [0.5, 0.6) is 0 Å². The summed E-state index contributed by atoms with van der Waals surface area (Å²) in [6.45, 7) is 3.56. The highest BCUT2D eigenvalue weighted by atomic mass is 16.5. The normalized spacial score (nSPS) is 11.4. The maximum Gasteiger partial charge on any atom is 0.273 e. The Labute approximate surface area is 145 Å². The fraction of sp³-hybridized carbons (Fsp3) is 0.294. The Kier molecular flexibility index (Phi) is 6.27. The summed E-state index contributed by atoms with van der Waals surface area (Å²) in [7, 11) is 0. The summed E-state index contributed by atoms with van der Waals surface area (Å²) in [5.41, 5.74) is 0.867. The molecule has 1 heterocycles. The van der Waals surface area contributed by atoms with Gasteiger partial charge in [0.25, 0.3) is 5.91 Å². The Morgan fingerprint density at radius 3 is 2.56 bits per heavy atom. The summed E-state index contributed by atoms with van der Waals surface area (Å²) in [5.74, 6) is -0.836. The third-order valence-corrected chi connectivity index (χ3v) is 3.33. The van der Waals surface area contributed by atoms with Gasteiger partial charge in [-0.15, -0.1) is 0 Å². The van der Waals surface area contributed by atoms with Gasteiger partial charge < -0.3 is 20.5 Å². The number of amides is 3. The number of nitrogens with zero attached hydrogens (tertiary/aromatic N) is 1. The zero-order valence-electron chi connectivity index (χ0n) is 14.0. The van der Waals surface area contributed by atoms with Crippen molar-refractivity contribution in [3.63, 3.8) is 0 Å². The zero-order chi connectivity index (χ0) is 18.2. The smallest absolute Gasteiger partial charge is 0.273 e. The van der Waals surface area contributed by atoms with Crippen LogP contribution in [-0.2, 0) is 9.59 Å².